The third-order valence-corrected chi connectivity index (χ3v) is 7.43. The van der Waals surface area contributed by atoms with E-state index in [-0.39, 0.29) is 27.6 Å². The molecule has 4 rings (SSSR count). The number of imidazole rings is 1. The summed E-state index contributed by atoms with van der Waals surface area (Å²) in [7, 11) is -3.35. The highest BCUT2D eigenvalue weighted by atomic mass is 32.2. The number of nitrogen functional groups attached to an aromatic ring is 1. The molecule has 0 fully saturated rings. The minimum absolute atomic E-state index is 0.0211. The van der Waals surface area contributed by atoms with Gasteiger partial charge in [-0.15, -0.1) is 0 Å². The molecule has 5 N–H and O–H groups in total. The predicted octanol–water partition coefficient (Wildman–Crippen LogP) is 4.99. The Bertz CT molecular complexity index is 1590. The number of nitrogens with one attached hydrogen (secondary N) is 3. The van der Waals surface area contributed by atoms with E-state index < -0.39 is 21.7 Å². The topological polar surface area (TPSA) is 156 Å². The third kappa shape index (κ3) is 5.80. The van der Waals surface area contributed by atoms with Crippen LogP contribution in [0.25, 0.3) is 22.6 Å². The lowest BCUT2D eigenvalue weighted by Crippen LogP contribution is -2.19. The number of hydrogen-bond donors (Lipinski definition) is 4. The number of nitrogens with two attached hydrogens (primary N) is 1. The molecule has 12 heteroatoms. The fourth-order valence-corrected chi connectivity index (χ4v) is 4.50. The average Bonchev–Trinajstić information content (AvgIpc) is 3.32. The van der Waals surface area contributed by atoms with Crippen molar-refractivity contribution in [2.45, 2.75) is 38.0 Å². The van der Waals surface area contributed by atoms with Crippen LogP contribution < -0.4 is 16.4 Å². The van der Waals surface area contributed by atoms with Crippen LogP contribution in [-0.2, 0) is 15.3 Å². The Kier molecular flexibility index (Phi) is 7.18. The van der Waals surface area contributed by atoms with E-state index in [1.165, 1.54) is 48.7 Å². The van der Waals surface area contributed by atoms with Gasteiger partial charge in [0.15, 0.2) is 9.84 Å². The van der Waals surface area contributed by atoms with E-state index >= 15 is 4.39 Å². The van der Waals surface area contributed by atoms with Crippen molar-refractivity contribution >= 4 is 33.2 Å². The summed E-state index contributed by atoms with van der Waals surface area (Å²) in [5, 5.41) is 5.31. The number of benzene rings is 2. The number of amides is 2. The number of urea groups is 1. The van der Waals surface area contributed by atoms with Crippen LogP contribution in [0.2, 0.25) is 0 Å². The normalized spacial score (nSPS) is 11.8. The van der Waals surface area contributed by atoms with E-state index in [2.05, 4.69) is 30.6 Å². The Hall–Kier alpha value is -4.32. The lowest BCUT2D eigenvalue weighted by molar-refractivity contribution is 0.262. The van der Waals surface area contributed by atoms with Gasteiger partial charge in [0, 0.05) is 28.6 Å². The van der Waals surface area contributed by atoms with Gasteiger partial charge in [0.25, 0.3) is 0 Å². The highest BCUT2D eigenvalue weighted by Gasteiger charge is 2.25. The van der Waals surface area contributed by atoms with E-state index in [0.717, 1.165) is 0 Å². The minimum atomic E-state index is -3.35. The smallest absolute Gasteiger partial charge is 0.323 e. The van der Waals surface area contributed by atoms with Crippen LogP contribution in [0.15, 0.2) is 59.6 Å². The zero-order valence-electron chi connectivity index (χ0n) is 21.3. The molecule has 0 saturated carbocycles. The highest BCUT2D eigenvalue weighted by Crippen LogP contribution is 2.35. The average molecular weight is 538 g/mol. The summed E-state index contributed by atoms with van der Waals surface area (Å²) in [4.78, 5) is 28.9. The van der Waals surface area contributed by atoms with Crippen LogP contribution in [0.4, 0.5) is 26.5 Å². The molecule has 0 bridgehead atoms. The number of carbonyl (C=O) groups excluding carboxylic acids is 1. The second kappa shape index (κ2) is 10.2. The molecule has 38 heavy (non-hydrogen) atoms. The van der Waals surface area contributed by atoms with Crippen LogP contribution in [0.3, 0.4) is 0 Å². The quantitative estimate of drug-likeness (QED) is 0.270. The molecule has 0 spiro atoms. The number of aromatic amines is 1. The number of H-pyrrole nitrogens is 1. The van der Waals surface area contributed by atoms with Crippen LogP contribution in [0.5, 0.6) is 0 Å². The van der Waals surface area contributed by atoms with Crippen LogP contribution in [-0.4, -0.2) is 40.1 Å². The SMILES string of the molecule is CCS(=O)(=O)c1ccc(NC(=O)Nc2ccc(F)c(-c3nc(C(C)(C)C)[nH]c3-c3ccnc(N)n3)c2)cc1. The molecule has 2 amide bonds. The molecule has 0 atom stereocenters. The molecule has 2 heterocycles. The van der Waals surface area contributed by atoms with Crippen molar-refractivity contribution in [1.82, 2.24) is 19.9 Å². The molecule has 0 aliphatic carbocycles. The number of carbonyl (C=O) groups is 1. The first-order chi connectivity index (χ1) is 17.9. The minimum Gasteiger partial charge on any atom is -0.368 e. The van der Waals surface area contributed by atoms with Gasteiger partial charge in [-0.1, -0.05) is 27.7 Å². The van der Waals surface area contributed by atoms with Crippen molar-refractivity contribution in [2.75, 3.05) is 22.1 Å². The van der Waals surface area contributed by atoms with Crippen LogP contribution >= 0.6 is 0 Å². The number of anilines is 3. The van der Waals surface area contributed by atoms with Crippen molar-refractivity contribution in [3.63, 3.8) is 0 Å². The molecule has 4 aromatic rings. The van der Waals surface area contributed by atoms with Crippen molar-refractivity contribution in [3.8, 4) is 22.6 Å². The summed E-state index contributed by atoms with van der Waals surface area (Å²) in [5.74, 6) is 0.114. The van der Waals surface area contributed by atoms with E-state index in [4.69, 9.17) is 5.73 Å². The van der Waals surface area contributed by atoms with Gasteiger partial charge in [-0.05, 0) is 48.5 Å². The monoisotopic (exact) mass is 537 g/mol. The highest BCUT2D eigenvalue weighted by molar-refractivity contribution is 7.91. The van der Waals surface area contributed by atoms with Crippen LogP contribution in [0, 0.1) is 5.82 Å². The molecule has 2 aromatic carbocycles. The van der Waals surface area contributed by atoms with Crippen molar-refractivity contribution in [3.05, 3.63) is 66.4 Å². The van der Waals surface area contributed by atoms with Crippen LogP contribution in [0.1, 0.15) is 33.5 Å². The Labute approximate surface area is 219 Å². The molecular formula is C26H28FN7O3S. The number of halogens is 1. The van der Waals surface area contributed by atoms with Gasteiger partial charge in [-0.3, -0.25) is 0 Å². The zero-order valence-corrected chi connectivity index (χ0v) is 22.1. The molecule has 10 nitrogen and oxygen atoms in total. The molecular weight excluding hydrogens is 509 g/mol. The first-order valence-electron chi connectivity index (χ1n) is 11.8. The van der Waals surface area contributed by atoms with E-state index in [0.29, 0.717) is 34.3 Å². The maximum atomic E-state index is 15.1. The summed E-state index contributed by atoms with van der Waals surface area (Å²) >= 11 is 0. The Balaban J connectivity index is 1.63. The molecule has 2 aromatic heterocycles. The molecule has 0 aliphatic heterocycles. The maximum absolute atomic E-state index is 15.1. The lowest BCUT2D eigenvalue weighted by atomic mass is 9.96. The van der Waals surface area contributed by atoms with Gasteiger partial charge in [0.2, 0.25) is 5.95 Å². The third-order valence-electron chi connectivity index (χ3n) is 5.68. The largest absolute Gasteiger partial charge is 0.368 e. The van der Waals surface area contributed by atoms with Gasteiger partial charge in [0.05, 0.1) is 22.0 Å². The van der Waals surface area contributed by atoms with Crippen molar-refractivity contribution < 1.29 is 17.6 Å². The van der Waals surface area contributed by atoms with Crippen molar-refractivity contribution in [2.24, 2.45) is 0 Å². The van der Waals surface area contributed by atoms with E-state index in [9.17, 15) is 13.2 Å². The summed E-state index contributed by atoms with van der Waals surface area (Å²) in [5.41, 5.74) is 7.48. The second-order valence-electron chi connectivity index (χ2n) is 9.56. The van der Waals surface area contributed by atoms with E-state index in [1.54, 1.807) is 13.0 Å². The van der Waals surface area contributed by atoms with E-state index in [1.807, 2.05) is 20.8 Å². The number of hydrogen-bond acceptors (Lipinski definition) is 7. The zero-order chi connectivity index (χ0) is 27.7. The van der Waals surface area contributed by atoms with Gasteiger partial charge >= 0.3 is 6.03 Å². The van der Waals surface area contributed by atoms with Crippen molar-refractivity contribution in [1.29, 1.82) is 0 Å². The number of nitrogens with zero attached hydrogens (tertiary/aromatic N) is 3. The molecule has 0 unspecified atom stereocenters. The lowest BCUT2D eigenvalue weighted by Gasteiger charge is -2.14. The summed E-state index contributed by atoms with van der Waals surface area (Å²) in [6.07, 6.45) is 1.50. The molecule has 0 aliphatic rings. The summed E-state index contributed by atoms with van der Waals surface area (Å²) < 4.78 is 39.1. The fraction of sp³-hybridized carbons (Fsp3) is 0.231. The summed E-state index contributed by atoms with van der Waals surface area (Å²) in [6, 6.07) is 11.0. The molecule has 0 saturated heterocycles. The first-order valence-corrected chi connectivity index (χ1v) is 13.4. The van der Waals surface area contributed by atoms with Gasteiger partial charge in [0.1, 0.15) is 17.3 Å². The predicted molar refractivity (Wildman–Crippen MR) is 145 cm³/mol. The number of sulfone groups is 1. The number of aromatic nitrogens is 4. The molecule has 0 radical (unpaired) electrons. The fourth-order valence-electron chi connectivity index (χ4n) is 3.61. The maximum Gasteiger partial charge on any atom is 0.323 e. The Morgan fingerprint density at radius 3 is 2.32 bits per heavy atom. The first kappa shape index (κ1) is 26.7. The van der Waals surface area contributed by atoms with Gasteiger partial charge < -0.3 is 21.4 Å². The van der Waals surface area contributed by atoms with Gasteiger partial charge in [-0.2, -0.15) is 0 Å². The standard InChI is InChI=1S/C26H28FN7O3S/c1-5-38(36,37)17-9-6-15(7-10-17)30-25(35)31-16-8-11-19(27)18(14-16)21-22(20-12-13-29-24(28)32-20)34-23(33-21)26(2,3)4/h6-14H,5H2,1-4H3,(H,33,34)(H2,28,29,32)(H2,30,31,35). The Morgan fingerprint density at radius 2 is 1.68 bits per heavy atom. The Morgan fingerprint density at radius 1 is 1.03 bits per heavy atom. The number of rotatable bonds is 6. The molecule has 198 valence electrons. The van der Waals surface area contributed by atoms with Gasteiger partial charge in [-0.25, -0.2) is 32.6 Å². The summed E-state index contributed by atoms with van der Waals surface area (Å²) in [6.45, 7) is 7.47. The second-order valence-corrected chi connectivity index (χ2v) is 11.8.